The number of carbonyl (C=O) groups is 2. The molecule has 10 heteroatoms. The van der Waals surface area contributed by atoms with E-state index < -0.39 is 34.1 Å². The number of rotatable bonds is 13. The van der Waals surface area contributed by atoms with Gasteiger partial charge < -0.3 is 19.7 Å². The molecule has 0 saturated heterocycles. The molecule has 0 aliphatic heterocycles. The molecule has 0 unspecified atom stereocenters. The molecule has 0 aliphatic carbocycles. The molecule has 0 heterocycles. The summed E-state index contributed by atoms with van der Waals surface area (Å²) in [4.78, 5) is 29.3. The van der Waals surface area contributed by atoms with Crippen LogP contribution in [0.5, 0.6) is 11.5 Å². The van der Waals surface area contributed by atoms with Gasteiger partial charge in [-0.1, -0.05) is 48.9 Å². The van der Waals surface area contributed by atoms with E-state index in [0.717, 1.165) is 15.4 Å². The first-order chi connectivity index (χ1) is 20.3. The molecule has 3 aromatic rings. The van der Waals surface area contributed by atoms with Crippen LogP contribution in [0, 0.1) is 6.92 Å². The minimum atomic E-state index is -4.21. The Balaban J connectivity index is 2.12. The summed E-state index contributed by atoms with van der Waals surface area (Å²) < 4.78 is 40.4. The smallest absolute Gasteiger partial charge is 0.264 e. The fourth-order valence-electron chi connectivity index (χ4n) is 4.59. The van der Waals surface area contributed by atoms with E-state index in [1.807, 2.05) is 46.8 Å². The van der Waals surface area contributed by atoms with Crippen molar-refractivity contribution >= 4 is 27.5 Å². The molecule has 43 heavy (non-hydrogen) atoms. The topological polar surface area (TPSA) is 105 Å². The van der Waals surface area contributed by atoms with E-state index in [2.05, 4.69) is 5.32 Å². The first-order valence-electron chi connectivity index (χ1n) is 14.4. The fourth-order valence-corrected chi connectivity index (χ4v) is 6.02. The van der Waals surface area contributed by atoms with Gasteiger partial charge >= 0.3 is 0 Å². The number of hydrogen-bond donors (Lipinski definition) is 1. The molecule has 0 bridgehead atoms. The van der Waals surface area contributed by atoms with Gasteiger partial charge in [-0.05, 0) is 83.0 Å². The van der Waals surface area contributed by atoms with Gasteiger partial charge in [0.05, 0.1) is 24.3 Å². The molecular formula is C33H43N3O6S. The Bertz CT molecular complexity index is 1480. The van der Waals surface area contributed by atoms with Crippen LogP contribution in [-0.4, -0.2) is 57.0 Å². The van der Waals surface area contributed by atoms with Gasteiger partial charge in [0.2, 0.25) is 11.8 Å². The van der Waals surface area contributed by atoms with Gasteiger partial charge in [-0.15, -0.1) is 0 Å². The number of amides is 2. The zero-order chi connectivity index (χ0) is 31.8. The molecule has 3 rings (SSSR count). The third-order valence-electron chi connectivity index (χ3n) is 6.72. The van der Waals surface area contributed by atoms with Crippen LogP contribution in [0.25, 0.3) is 0 Å². The lowest BCUT2D eigenvalue weighted by Crippen LogP contribution is -2.55. The number of para-hydroxylation sites is 2. The van der Waals surface area contributed by atoms with Gasteiger partial charge in [-0.25, -0.2) is 8.42 Å². The summed E-state index contributed by atoms with van der Waals surface area (Å²) in [6.45, 7) is 10.9. The third kappa shape index (κ3) is 8.73. The van der Waals surface area contributed by atoms with Gasteiger partial charge in [0, 0.05) is 12.1 Å². The Hall–Kier alpha value is -4.05. The molecule has 9 nitrogen and oxygen atoms in total. The predicted molar refractivity (Wildman–Crippen MR) is 169 cm³/mol. The number of aryl methyl sites for hydroxylation is 1. The van der Waals surface area contributed by atoms with Crippen molar-refractivity contribution in [1.82, 2.24) is 10.2 Å². The molecule has 0 aromatic heterocycles. The van der Waals surface area contributed by atoms with Gasteiger partial charge in [-0.3, -0.25) is 13.9 Å². The molecule has 0 aliphatic rings. The van der Waals surface area contributed by atoms with Gasteiger partial charge in [-0.2, -0.15) is 0 Å². The average Bonchev–Trinajstić information content (AvgIpc) is 2.96. The fraction of sp³-hybridized carbons (Fsp3) is 0.394. The SMILES string of the molecule is CCOc1ccccc1N(CC(=O)N(Cc1ccc(OC)cc1)[C@@H](CC)C(=O)NC(C)(C)C)S(=O)(=O)c1ccc(C)cc1. The van der Waals surface area contributed by atoms with Gasteiger partial charge in [0.1, 0.15) is 24.1 Å². The molecule has 1 atom stereocenters. The molecule has 232 valence electrons. The Morgan fingerprint density at radius 1 is 0.930 bits per heavy atom. The minimum absolute atomic E-state index is 0.0384. The number of hydrogen-bond acceptors (Lipinski definition) is 6. The van der Waals surface area contributed by atoms with Crippen molar-refractivity contribution in [3.05, 3.63) is 83.9 Å². The Morgan fingerprint density at radius 3 is 2.12 bits per heavy atom. The second kappa shape index (κ2) is 14.4. The van der Waals surface area contributed by atoms with Gasteiger partial charge in [0.25, 0.3) is 10.0 Å². The van der Waals surface area contributed by atoms with E-state index in [9.17, 15) is 18.0 Å². The van der Waals surface area contributed by atoms with Gasteiger partial charge in [0.15, 0.2) is 0 Å². The molecular weight excluding hydrogens is 566 g/mol. The highest BCUT2D eigenvalue weighted by atomic mass is 32.2. The van der Waals surface area contributed by atoms with E-state index in [4.69, 9.17) is 9.47 Å². The minimum Gasteiger partial charge on any atom is -0.497 e. The number of carbonyl (C=O) groups excluding carboxylic acids is 2. The molecule has 0 radical (unpaired) electrons. The monoisotopic (exact) mass is 609 g/mol. The number of nitrogens with one attached hydrogen (secondary N) is 1. The molecule has 2 amide bonds. The average molecular weight is 610 g/mol. The zero-order valence-electron chi connectivity index (χ0n) is 26.1. The maximum Gasteiger partial charge on any atom is 0.264 e. The van der Waals surface area contributed by atoms with E-state index in [-0.39, 0.29) is 23.0 Å². The van der Waals surface area contributed by atoms with Crippen molar-refractivity contribution in [3.8, 4) is 11.5 Å². The summed E-state index contributed by atoms with van der Waals surface area (Å²) in [6.07, 6.45) is 0.323. The maximum atomic E-state index is 14.3. The summed E-state index contributed by atoms with van der Waals surface area (Å²) in [5.74, 6) is 0.128. The van der Waals surface area contributed by atoms with Crippen molar-refractivity contribution in [3.63, 3.8) is 0 Å². The highest BCUT2D eigenvalue weighted by Crippen LogP contribution is 2.33. The number of nitrogens with zero attached hydrogens (tertiary/aromatic N) is 2. The highest BCUT2D eigenvalue weighted by molar-refractivity contribution is 7.92. The second-order valence-electron chi connectivity index (χ2n) is 11.3. The Kier molecular flexibility index (Phi) is 11.2. The lowest BCUT2D eigenvalue weighted by atomic mass is 10.1. The number of ether oxygens (including phenoxy) is 2. The molecule has 0 fully saturated rings. The number of methoxy groups -OCH3 is 1. The summed E-state index contributed by atoms with van der Waals surface area (Å²) in [6, 6.07) is 19.5. The standard InChI is InChI=1S/C33H43N3O6S/c1-8-28(32(38)34-33(4,5)6)35(22-25-16-18-26(41-7)19-17-25)31(37)23-36(29-12-10-11-13-30(29)42-9-2)43(39,40)27-20-14-24(3)15-21-27/h10-21,28H,8-9,22-23H2,1-7H3,(H,34,38)/t28-/m0/s1. The van der Waals surface area contributed by atoms with Crippen LogP contribution in [-0.2, 0) is 26.2 Å². The first kappa shape index (κ1) is 33.5. The van der Waals surface area contributed by atoms with Crippen LogP contribution in [0.2, 0.25) is 0 Å². The Labute approximate surface area is 255 Å². The summed E-state index contributed by atoms with van der Waals surface area (Å²) in [5, 5.41) is 2.98. The number of sulfonamides is 1. The lowest BCUT2D eigenvalue weighted by Gasteiger charge is -2.35. The zero-order valence-corrected chi connectivity index (χ0v) is 26.9. The normalized spacial score (nSPS) is 12.3. The lowest BCUT2D eigenvalue weighted by molar-refractivity contribution is -0.141. The second-order valence-corrected chi connectivity index (χ2v) is 13.1. The van der Waals surface area contributed by atoms with Crippen LogP contribution in [0.1, 0.15) is 52.2 Å². The van der Waals surface area contributed by atoms with Crippen LogP contribution in [0.15, 0.2) is 77.7 Å². The first-order valence-corrected chi connectivity index (χ1v) is 15.8. The van der Waals surface area contributed by atoms with Crippen LogP contribution < -0.4 is 19.1 Å². The quantitative estimate of drug-likeness (QED) is 0.281. The van der Waals surface area contributed by atoms with Crippen molar-refractivity contribution < 1.29 is 27.5 Å². The predicted octanol–water partition coefficient (Wildman–Crippen LogP) is 5.32. The third-order valence-corrected chi connectivity index (χ3v) is 8.49. The molecule has 3 aromatic carbocycles. The molecule has 0 spiro atoms. The van der Waals surface area contributed by atoms with Crippen LogP contribution >= 0.6 is 0 Å². The van der Waals surface area contributed by atoms with E-state index >= 15 is 0 Å². The Morgan fingerprint density at radius 2 is 1.56 bits per heavy atom. The largest absolute Gasteiger partial charge is 0.497 e. The summed E-state index contributed by atoms with van der Waals surface area (Å²) in [7, 11) is -2.65. The van der Waals surface area contributed by atoms with Crippen molar-refractivity contribution in [2.24, 2.45) is 0 Å². The number of benzene rings is 3. The van der Waals surface area contributed by atoms with E-state index in [0.29, 0.717) is 24.5 Å². The maximum absolute atomic E-state index is 14.3. The summed E-state index contributed by atoms with van der Waals surface area (Å²) in [5.41, 5.74) is 1.36. The highest BCUT2D eigenvalue weighted by Gasteiger charge is 2.35. The van der Waals surface area contributed by atoms with Crippen LogP contribution in [0.4, 0.5) is 5.69 Å². The molecule has 1 N–H and O–H groups in total. The van der Waals surface area contributed by atoms with E-state index in [1.165, 1.54) is 17.0 Å². The van der Waals surface area contributed by atoms with Crippen LogP contribution in [0.3, 0.4) is 0 Å². The number of anilines is 1. The molecule has 0 saturated carbocycles. The van der Waals surface area contributed by atoms with Crippen molar-refractivity contribution in [2.45, 2.75) is 71.0 Å². The van der Waals surface area contributed by atoms with E-state index in [1.54, 1.807) is 62.6 Å². The summed E-state index contributed by atoms with van der Waals surface area (Å²) >= 11 is 0. The van der Waals surface area contributed by atoms with Crippen molar-refractivity contribution in [1.29, 1.82) is 0 Å². The van der Waals surface area contributed by atoms with Crippen molar-refractivity contribution in [2.75, 3.05) is 24.6 Å².